The first-order valence-electron chi connectivity index (χ1n) is 11.8. The van der Waals surface area contributed by atoms with Gasteiger partial charge in [0.1, 0.15) is 18.4 Å². The van der Waals surface area contributed by atoms with Gasteiger partial charge in [0.2, 0.25) is 5.12 Å². The Morgan fingerprint density at radius 1 is 1.33 bits per heavy atom. The van der Waals surface area contributed by atoms with Crippen molar-refractivity contribution in [2.24, 2.45) is 28.6 Å². The van der Waals surface area contributed by atoms with Crippen LogP contribution in [0.4, 0.5) is 8.78 Å². The Balaban J connectivity index is 1.80. The molecule has 33 heavy (non-hydrogen) atoms. The molecular weight excluding hydrogens is 450 g/mol. The van der Waals surface area contributed by atoms with Crippen LogP contribution in [-0.2, 0) is 19.1 Å². The maximum Gasteiger partial charge on any atom is 0.224 e. The number of ether oxygens (including phenoxy) is 2. The van der Waals surface area contributed by atoms with Crippen molar-refractivity contribution in [2.45, 2.75) is 70.8 Å². The Morgan fingerprint density at radius 2 is 2.06 bits per heavy atom. The average molecular weight is 485 g/mol. The number of thioether (sulfide) groups is 1. The van der Waals surface area contributed by atoms with E-state index in [0.29, 0.717) is 43.2 Å². The molecule has 3 fully saturated rings. The van der Waals surface area contributed by atoms with Crippen LogP contribution in [0.25, 0.3) is 0 Å². The van der Waals surface area contributed by atoms with Gasteiger partial charge in [-0.15, -0.1) is 0 Å². The van der Waals surface area contributed by atoms with E-state index in [-0.39, 0.29) is 30.8 Å². The predicted molar refractivity (Wildman–Crippen MR) is 122 cm³/mol. The maximum atomic E-state index is 17.2. The van der Waals surface area contributed by atoms with Crippen molar-refractivity contribution < 1.29 is 33.0 Å². The zero-order valence-electron chi connectivity index (χ0n) is 19.7. The second-order valence-electron chi connectivity index (χ2n) is 10.4. The minimum absolute atomic E-state index is 0.00434. The smallest absolute Gasteiger partial charge is 0.224 e. The summed E-state index contributed by atoms with van der Waals surface area (Å²) in [5.41, 5.74) is -4.64. The molecule has 0 saturated heterocycles. The van der Waals surface area contributed by atoms with E-state index in [9.17, 15) is 19.1 Å². The van der Waals surface area contributed by atoms with Gasteiger partial charge in [-0.25, -0.2) is 8.78 Å². The molecule has 4 aliphatic carbocycles. The highest BCUT2D eigenvalue weighted by atomic mass is 32.2. The van der Waals surface area contributed by atoms with Crippen molar-refractivity contribution in [3.05, 3.63) is 23.8 Å². The standard InChI is InChI=1S/C25H34F2O5S/c1-5-31-14-32-25(21(30)33-13-26)15(2)10-19-18-7-6-16-11-17(28)8-9-22(16,3)24(18,27)20(29)12-23(19,25)4/h8-9,11,15,18-20,29H,5-7,10,12-14H2,1-4H3/t15-,18?,19?,20+,22+,23+,24+,25+/m1/s1. The summed E-state index contributed by atoms with van der Waals surface area (Å²) in [5.74, 6) is -1.25. The number of hydrogen-bond donors (Lipinski definition) is 1. The Morgan fingerprint density at radius 3 is 2.73 bits per heavy atom. The molecule has 8 heteroatoms. The Bertz CT molecular complexity index is 892. The van der Waals surface area contributed by atoms with Crippen LogP contribution in [0.15, 0.2) is 23.8 Å². The van der Waals surface area contributed by atoms with E-state index in [1.165, 1.54) is 12.2 Å². The zero-order chi connectivity index (χ0) is 24.2. The minimum atomic E-state index is -1.98. The third kappa shape index (κ3) is 3.20. The van der Waals surface area contributed by atoms with E-state index < -0.39 is 45.2 Å². The van der Waals surface area contributed by atoms with E-state index in [4.69, 9.17) is 9.47 Å². The summed E-state index contributed by atoms with van der Waals surface area (Å²) in [7, 11) is 0. The summed E-state index contributed by atoms with van der Waals surface area (Å²) >= 11 is 0.572. The lowest BCUT2D eigenvalue weighted by Crippen LogP contribution is -2.69. The van der Waals surface area contributed by atoms with Gasteiger partial charge in [0.25, 0.3) is 0 Å². The van der Waals surface area contributed by atoms with Crippen molar-refractivity contribution in [2.75, 3.05) is 19.4 Å². The van der Waals surface area contributed by atoms with E-state index in [1.54, 1.807) is 13.0 Å². The summed E-state index contributed by atoms with van der Waals surface area (Å²) in [5, 5.41) is 11.0. The predicted octanol–water partition coefficient (Wildman–Crippen LogP) is 4.54. The van der Waals surface area contributed by atoms with Crippen LogP contribution in [0.2, 0.25) is 0 Å². The number of fused-ring (bicyclic) bond motifs is 5. The van der Waals surface area contributed by atoms with Crippen molar-refractivity contribution in [1.29, 1.82) is 0 Å². The van der Waals surface area contributed by atoms with Gasteiger partial charge >= 0.3 is 0 Å². The molecule has 0 aromatic carbocycles. The SMILES string of the molecule is CCOCO[C@]1(C(=O)SCF)[C@H](C)CC2C3CCC4=CC(=O)C=C[C@]4(C)[C@@]3(F)[C@@H](O)C[C@@]21C. The molecule has 184 valence electrons. The number of ketones is 1. The van der Waals surface area contributed by atoms with Crippen molar-refractivity contribution in [1.82, 2.24) is 0 Å². The molecule has 0 radical (unpaired) electrons. The molecule has 2 unspecified atom stereocenters. The molecule has 5 nitrogen and oxygen atoms in total. The lowest BCUT2D eigenvalue weighted by molar-refractivity contribution is -0.240. The van der Waals surface area contributed by atoms with Gasteiger partial charge in [0.05, 0.1) is 6.10 Å². The highest BCUT2D eigenvalue weighted by molar-refractivity contribution is 8.13. The molecule has 0 aliphatic heterocycles. The summed E-state index contributed by atoms with van der Waals surface area (Å²) in [6.45, 7) is 7.63. The van der Waals surface area contributed by atoms with E-state index in [0.717, 1.165) is 0 Å². The van der Waals surface area contributed by atoms with Gasteiger partial charge in [0, 0.05) is 23.4 Å². The fourth-order valence-electron chi connectivity index (χ4n) is 7.71. The molecule has 0 spiro atoms. The highest BCUT2D eigenvalue weighted by Gasteiger charge is 2.76. The first-order valence-corrected chi connectivity index (χ1v) is 12.8. The van der Waals surface area contributed by atoms with Crippen LogP contribution in [0, 0.1) is 28.6 Å². The number of carbonyl (C=O) groups is 2. The van der Waals surface area contributed by atoms with Gasteiger partial charge in [-0.1, -0.05) is 37.3 Å². The van der Waals surface area contributed by atoms with E-state index in [1.807, 2.05) is 20.8 Å². The van der Waals surface area contributed by atoms with Gasteiger partial charge in [0.15, 0.2) is 11.5 Å². The van der Waals surface area contributed by atoms with Crippen LogP contribution < -0.4 is 0 Å². The molecule has 0 aromatic rings. The van der Waals surface area contributed by atoms with Gasteiger partial charge in [-0.05, 0) is 63.5 Å². The number of aliphatic hydroxyl groups is 1. The van der Waals surface area contributed by atoms with E-state index in [2.05, 4.69) is 0 Å². The van der Waals surface area contributed by atoms with Crippen LogP contribution in [0.1, 0.15) is 53.4 Å². The lowest BCUT2D eigenvalue weighted by Gasteiger charge is -2.63. The molecule has 0 amide bonds. The molecule has 4 aliphatic rings. The van der Waals surface area contributed by atoms with Crippen LogP contribution in [-0.4, -0.2) is 52.8 Å². The molecule has 0 aromatic heterocycles. The summed E-state index contributed by atoms with van der Waals surface area (Å²) < 4.78 is 42.1. The zero-order valence-corrected chi connectivity index (χ0v) is 20.6. The third-order valence-corrected chi connectivity index (χ3v) is 9.92. The quantitative estimate of drug-likeness (QED) is 0.441. The molecule has 0 heterocycles. The number of rotatable bonds is 6. The summed E-state index contributed by atoms with van der Waals surface area (Å²) in [4.78, 5) is 25.4. The molecule has 0 bridgehead atoms. The van der Waals surface area contributed by atoms with Crippen LogP contribution in [0.5, 0.6) is 0 Å². The molecule has 1 N–H and O–H groups in total. The molecule has 8 atom stereocenters. The second-order valence-corrected chi connectivity index (χ2v) is 11.3. The number of alkyl halides is 2. The van der Waals surface area contributed by atoms with Crippen molar-refractivity contribution in [3.63, 3.8) is 0 Å². The number of hydrogen-bond acceptors (Lipinski definition) is 6. The first kappa shape index (κ1) is 25.0. The fraction of sp³-hybridized carbons (Fsp3) is 0.760. The lowest BCUT2D eigenvalue weighted by atomic mass is 9.45. The Labute approximate surface area is 198 Å². The maximum absolute atomic E-state index is 17.2. The monoisotopic (exact) mass is 484 g/mol. The van der Waals surface area contributed by atoms with Crippen molar-refractivity contribution in [3.8, 4) is 0 Å². The fourth-order valence-corrected chi connectivity index (χ4v) is 8.51. The Hall–Kier alpha value is -1.09. The van der Waals surface area contributed by atoms with Crippen LogP contribution >= 0.6 is 11.8 Å². The summed E-state index contributed by atoms with van der Waals surface area (Å²) in [6.07, 6.45) is 4.69. The average Bonchev–Trinajstić information content (AvgIpc) is 2.97. The normalized spacial score (nSPS) is 46.4. The summed E-state index contributed by atoms with van der Waals surface area (Å²) in [6, 6.07) is -0.879. The largest absolute Gasteiger partial charge is 0.390 e. The number of allylic oxidation sites excluding steroid dienone is 4. The van der Waals surface area contributed by atoms with Gasteiger partial charge in [-0.3, -0.25) is 9.59 Å². The second kappa shape index (κ2) is 8.54. The van der Waals surface area contributed by atoms with E-state index >= 15 is 4.39 Å². The molecular formula is C25H34F2O5S. The Kier molecular flexibility index (Phi) is 6.47. The topological polar surface area (TPSA) is 72.8 Å². The van der Waals surface area contributed by atoms with Crippen LogP contribution in [0.3, 0.4) is 0 Å². The first-order chi connectivity index (χ1) is 15.5. The minimum Gasteiger partial charge on any atom is -0.390 e. The molecule has 3 saturated carbocycles. The van der Waals surface area contributed by atoms with Gasteiger partial charge < -0.3 is 14.6 Å². The molecule has 4 rings (SSSR count). The van der Waals surface area contributed by atoms with Crippen molar-refractivity contribution >= 4 is 22.7 Å². The number of carbonyl (C=O) groups excluding carboxylic acids is 2. The number of aliphatic hydroxyl groups excluding tert-OH is 1. The number of halogens is 2. The third-order valence-electron chi connectivity index (χ3n) is 9.24. The highest BCUT2D eigenvalue weighted by Crippen LogP contribution is 2.71. The van der Waals surface area contributed by atoms with Gasteiger partial charge in [-0.2, -0.15) is 0 Å².